The molecule has 4 rings (SSSR count). The quantitative estimate of drug-likeness (QED) is 0.723. The zero-order valence-electron chi connectivity index (χ0n) is 19.0. The Balaban J connectivity index is 1.27. The predicted octanol–water partition coefficient (Wildman–Crippen LogP) is 4.24. The van der Waals surface area contributed by atoms with Crippen molar-refractivity contribution < 1.29 is 14.3 Å². The molecule has 1 aliphatic carbocycles. The molecule has 30 heavy (non-hydrogen) atoms. The minimum absolute atomic E-state index is 0.107. The van der Waals surface area contributed by atoms with Gasteiger partial charge in [0.05, 0.1) is 7.11 Å². The molecule has 0 aromatic heterocycles. The maximum atomic E-state index is 12.8. The maximum Gasteiger partial charge on any atom is 0.225 e. The van der Waals surface area contributed by atoms with Gasteiger partial charge in [0.1, 0.15) is 17.6 Å². The third-order valence-electron chi connectivity index (χ3n) is 7.36. The summed E-state index contributed by atoms with van der Waals surface area (Å²) in [4.78, 5) is 17.4. The van der Waals surface area contributed by atoms with Crippen LogP contribution in [0.3, 0.4) is 0 Å². The minimum Gasteiger partial charge on any atom is -0.497 e. The fraction of sp³-hybridized carbons (Fsp3) is 0.720. The molecule has 166 valence electrons. The fourth-order valence-corrected chi connectivity index (χ4v) is 5.47. The van der Waals surface area contributed by atoms with Crippen LogP contribution in [0.15, 0.2) is 18.2 Å². The van der Waals surface area contributed by atoms with Crippen LogP contribution in [0.1, 0.15) is 64.4 Å². The lowest BCUT2D eigenvalue weighted by atomic mass is 9.77. The molecule has 2 aliphatic heterocycles. The number of piperazine rings is 1. The Morgan fingerprint density at radius 1 is 1.13 bits per heavy atom. The summed E-state index contributed by atoms with van der Waals surface area (Å²) >= 11 is 0. The second-order valence-corrected chi connectivity index (χ2v) is 9.98. The van der Waals surface area contributed by atoms with Gasteiger partial charge in [0.2, 0.25) is 5.91 Å². The Labute approximate surface area is 181 Å². The summed E-state index contributed by atoms with van der Waals surface area (Å²) in [6.07, 6.45) is 8.23. The number of amides is 1. The van der Waals surface area contributed by atoms with Gasteiger partial charge in [-0.3, -0.25) is 9.69 Å². The summed E-state index contributed by atoms with van der Waals surface area (Å²) in [5.74, 6) is 2.53. The van der Waals surface area contributed by atoms with E-state index in [4.69, 9.17) is 9.47 Å². The lowest BCUT2D eigenvalue weighted by Crippen LogP contribution is -2.51. The molecule has 1 saturated carbocycles. The first-order valence-electron chi connectivity index (χ1n) is 11.8. The number of carbonyl (C=O) groups excluding carboxylic acids is 1. The first kappa shape index (κ1) is 21.5. The van der Waals surface area contributed by atoms with E-state index >= 15 is 0 Å². The Bertz CT molecular complexity index is 734. The predicted molar refractivity (Wildman–Crippen MR) is 119 cm³/mol. The average molecular weight is 415 g/mol. The lowest BCUT2D eigenvalue weighted by Gasteiger charge is -2.40. The number of fused-ring (bicyclic) bond motifs is 1. The molecule has 1 unspecified atom stereocenters. The summed E-state index contributed by atoms with van der Waals surface area (Å²) in [6.45, 7) is 9.38. The van der Waals surface area contributed by atoms with Crippen molar-refractivity contribution in [3.8, 4) is 11.5 Å². The highest BCUT2D eigenvalue weighted by molar-refractivity contribution is 5.79. The summed E-state index contributed by atoms with van der Waals surface area (Å²) in [5, 5.41) is 0. The molecule has 3 aliphatic rings. The van der Waals surface area contributed by atoms with Crippen molar-refractivity contribution >= 4 is 5.91 Å². The van der Waals surface area contributed by atoms with E-state index in [2.05, 4.69) is 29.7 Å². The van der Waals surface area contributed by atoms with Gasteiger partial charge in [-0.25, -0.2) is 0 Å². The van der Waals surface area contributed by atoms with Gasteiger partial charge in [0.15, 0.2) is 0 Å². The number of carbonyl (C=O) groups is 1. The van der Waals surface area contributed by atoms with E-state index in [1.807, 2.05) is 12.1 Å². The Morgan fingerprint density at radius 2 is 1.87 bits per heavy atom. The van der Waals surface area contributed by atoms with Gasteiger partial charge in [-0.1, -0.05) is 39.2 Å². The monoisotopic (exact) mass is 414 g/mol. The van der Waals surface area contributed by atoms with Gasteiger partial charge in [-0.05, 0) is 37.2 Å². The number of ether oxygens (including phenoxy) is 2. The molecule has 1 amide bonds. The van der Waals surface area contributed by atoms with Crippen molar-refractivity contribution in [3.05, 3.63) is 23.8 Å². The van der Waals surface area contributed by atoms with Crippen molar-refractivity contribution in [1.29, 1.82) is 0 Å². The van der Waals surface area contributed by atoms with Gasteiger partial charge >= 0.3 is 0 Å². The van der Waals surface area contributed by atoms with Crippen molar-refractivity contribution in [3.63, 3.8) is 0 Å². The summed E-state index contributed by atoms with van der Waals surface area (Å²) in [5.41, 5.74) is 1.38. The van der Waals surface area contributed by atoms with Crippen LogP contribution < -0.4 is 9.47 Å². The van der Waals surface area contributed by atoms with Crippen LogP contribution in [0.2, 0.25) is 0 Å². The SMILES string of the molecule is COc1ccc2c(c1)OC(CCN1CCN(C(=O)C3CCCCC3)CC1)CC2(C)C. The summed E-state index contributed by atoms with van der Waals surface area (Å²) < 4.78 is 11.8. The number of hydrogen-bond acceptors (Lipinski definition) is 4. The summed E-state index contributed by atoms with van der Waals surface area (Å²) in [6, 6.07) is 6.20. The first-order chi connectivity index (χ1) is 14.5. The molecule has 1 aromatic rings. The minimum atomic E-state index is 0.107. The second kappa shape index (κ2) is 9.17. The van der Waals surface area contributed by atoms with E-state index in [9.17, 15) is 4.79 Å². The highest BCUT2D eigenvalue weighted by atomic mass is 16.5. The van der Waals surface area contributed by atoms with Crippen molar-refractivity contribution in [2.75, 3.05) is 39.8 Å². The van der Waals surface area contributed by atoms with Crippen LogP contribution in [0.25, 0.3) is 0 Å². The number of hydrogen-bond donors (Lipinski definition) is 0. The van der Waals surface area contributed by atoms with Crippen LogP contribution in [0.5, 0.6) is 11.5 Å². The standard InChI is InChI=1S/C25H38N2O3/c1-25(2)18-21(30-23-17-20(29-3)9-10-22(23)25)11-12-26-13-15-27(16-14-26)24(28)19-7-5-4-6-8-19/h9-10,17,19,21H,4-8,11-16,18H2,1-3H3. The van der Waals surface area contributed by atoms with E-state index in [0.29, 0.717) is 11.8 Å². The number of benzene rings is 1. The molecule has 2 heterocycles. The molecule has 0 radical (unpaired) electrons. The van der Waals surface area contributed by atoms with Crippen LogP contribution in [0, 0.1) is 5.92 Å². The second-order valence-electron chi connectivity index (χ2n) is 9.98. The Kier molecular flexibility index (Phi) is 6.57. The zero-order valence-corrected chi connectivity index (χ0v) is 19.0. The first-order valence-corrected chi connectivity index (χ1v) is 11.8. The van der Waals surface area contributed by atoms with E-state index in [-0.39, 0.29) is 11.5 Å². The Hall–Kier alpha value is -1.75. The van der Waals surface area contributed by atoms with Gasteiger partial charge in [-0.15, -0.1) is 0 Å². The molecule has 1 atom stereocenters. The van der Waals surface area contributed by atoms with E-state index in [1.54, 1.807) is 7.11 Å². The topological polar surface area (TPSA) is 42.0 Å². The van der Waals surface area contributed by atoms with E-state index in [0.717, 1.165) is 69.9 Å². The molecule has 5 heteroatoms. The molecule has 1 saturated heterocycles. The molecular weight excluding hydrogens is 376 g/mol. The van der Waals surface area contributed by atoms with Crippen molar-refractivity contribution in [2.45, 2.75) is 70.3 Å². The molecule has 0 spiro atoms. The number of rotatable bonds is 5. The van der Waals surface area contributed by atoms with Crippen molar-refractivity contribution in [1.82, 2.24) is 9.80 Å². The largest absolute Gasteiger partial charge is 0.497 e. The Morgan fingerprint density at radius 3 is 2.57 bits per heavy atom. The third-order valence-corrected chi connectivity index (χ3v) is 7.36. The van der Waals surface area contributed by atoms with Crippen molar-refractivity contribution in [2.24, 2.45) is 5.92 Å². The smallest absolute Gasteiger partial charge is 0.225 e. The van der Waals surface area contributed by atoms with Crippen LogP contribution in [-0.2, 0) is 10.2 Å². The van der Waals surface area contributed by atoms with Crippen LogP contribution >= 0.6 is 0 Å². The average Bonchev–Trinajstić information content (AvgIpc) is 2.77. The van der Waals surface area contributed by atoms with Crippen LogP contribution in [0.4, 0.5) is 0 Å². The molecule has 0 bridgehead atoms. The van der Waals surface area contributed by atoms with E-state index in [1.165, 1.54) is 24.8 Å². The molecular formula is C25H38N2O3. The molecule has 1 aromatic carbocycles. The molecule has 5 nitrogen and oxygen atoms in total. The zero-order chi connectivity index (χ0) is 21.1. The lowest BCUT2D eigenvalue weighted by molar-refractivity contribution is -0.138. The summed E-state index contributed by atoms with van der Waals surface area (Å²) in [7, 11) is 1.70. The van der Waals surface area contributed by atoms with Gasteiger partial charge in [-0.2, -0.15) is 0 Å². The molecule has 2 fully saturated rings. The van der Waals surface area contributed by atoms with Gasteiger partial charge in [0.25, 0.3) is 0 Å². The fourth-order valence-electron chi connectivity index (χ4n) is 5.47. The van der Waals surface area contributed by atoms with Gasteiger partial charge in [0, 0.05) is 50.3 Å². The van der Waals surface area contributed by atoms with Crippen LogP contribution in [-0.4, -0.2) is 61.6 Å². The highest BCUT2D eigenvalue weighted by Gasteiger charge is 2.35. The van der Waals surface area contributed by atoms with E-state index < -0.39 is 0 Å². The number of methoxy groups -OCH3 is 1. The third kappa shape index (κ3) is 4.77. The number of nitrogens with zero attached hydrogens (tertiary/aromatic N) is 2. The maximum absolute atomic E-state index is 12.8. The normalized spacial score (nSPS) is 24.8. The highest BCUT2D eigenvalue weighted by Crippen LogP contribution is 2.43. The molecule has 0 N–H and O–H groups in total. The van der Waals surface area contributed by atoms with Gasteiger partial charge < -0.3 is 14.4 Å².